The van der Waals surface area contributed by atoms with Crippen LogP contribution in [0.4, 0.5) is 10.3 Å². The topological polar surface area (TPSA) is 84.2 Å². The minimum Gasteiger partial charge on any atom is -0.342 e. The number of rotatable bonds is 4. The number of anilines is 1. The average Bonchev–Trinajstić information content (AvgIpc) is 3.28. The van der Waals surface area contributed by atoms with Crippen LogP contribution in [0.2, 0.25) is 5.15 Å². The van der Waals surface area contributed by atoms with Crippen LogP contribution in [-0.2, 0) is 7.05 Å². The molecule has 4 heterocycles. The Morgan fingerprint density at radius 2 is 2.00 bits per heavy atom. The van der Waals surface area contributed by atoms with Crippen LogP contribution < -0.4 is 10.5 Å². The third-order valence-electron chi connectivity index (χ3n) is 6.35. The Bertz CT molecular complexity index is 1270. The number of likely N-dealkylation sites (tertiary alicyclic amines) is 1. The standard InChI is InChI=1S/C22H20ClFN6O2/c1-28-18(31)8-17(12-5-7-25-9-16(12)24)27-22(28)29(2)19-14-10-30(11-15(14)19)21(32)13-4-3-6-26-20(13)23/h3-9,14-15,19H,10-11H2,1-2H3/t14-,15+,19?. The van der Waals surface area contributed by atoms with Crippen LogP contribution in [-0.4, -0.2) is 56.5 Å². The number of piperidine rings is 1. The Hall–Kier alpha value is -3.33. The number of carbonyl (C=O) groups excluding carboxylic acids is 1. The molecule has 32 heavy (non-hydrogen) atoms. The van der Waals surface area contributed by atoms with Gasteiger partial charge in [-0.25, -0.2) is 14.4 Å². The van der Waals surface area contributed by atoms with E-state index >= 15 is 0 Å². The van der Waals surface area contributed by atoms with Crippen LogP contribution in [0.5, 0.6) is 0 Å². The molecule has 2 aliphatic rings. The van der Waals surface area contributed by atoms with Crippen LogP contribution in [0.15, 0.2) is 47.7 Å². The normalized spacial score (nSPS) is 21.4. The summed E-state index contributed by atoms with van der Waals surface area (Å²) in [6, 6.07) is 6.33. The van der Waals surface area contributed by atoms with E-state index in [9.17, 15) is 14.0 Å². The molecule has 5 rings (SSSR count). The highest BCUT2D eigenvalue weighted by atomic mass is 35.5. The van der Waals surface area contributed by atoms with E-state index in [1.54, 1.807) is 30.3 Å². The quantitative estimate of drug-likeness (QED) is 0.562. The molecular weight excluding hydrogens is 435 g/mol. The van der Waals surface area contributed by atoms with Crippen LogP contribution in [0.3, 0.4) is 0 Å². The molecular formula is C22H20ClFN6O2. The predicted octanol–water partition coefficient (Wildman–Crippen LogP) is 2.24. The lowest BCUT2D eigenvalue weighted by Gasteiger charge is -2.26. The molecule has 0 radical (unpaired) electrons. The van der Waals surface area contributed by atoms with Gasteiger partial charge in [0.15, 0.2) is 5.82 Å². The van der Waals surface area contributed by atoms with Gasteiger partial charge in [-0.2, -0.15) is 0 Å². The maximum Gasteiger partial charge on any atom is 0.257 e. The summed E-state index contributed by atoms with van der Waals surface area (Å²) in [6.07, 6.45) is 4.12. The molecule has 10 heteroatoms. The van der Waals surface area contributed by atoms with Gasteiger partial charge in [0.05, 0.1) is 17.5 Å². The molecule has 3 aromatic heterocycles. The number of hydrogen-bond acceptors (Lipinski definition) is 6. The molecule has 1 aliphatic heterocycles. The minimum absolute atomic E-state index is 0.127. The van der Waals surface area contributed by atoms with E-state index in [-0.39, 0.29) is 45.8 Å². The maximum atomic E-state index is 14.2. The van der Waals surface area contributed by atoms with Crippen molar-refractivity contribution in [1.82, 2.24) is 24.4 Å². The number of halogens is 2. The lowest BCUT2D eigenvalue weighted by molar-refractivity contribution is 0.0772. The average molecular weight is 455 g/mol. The van der Waals surface area contributed by atoms with Gasteiger partial charge in [0, 0.05) is 69.1 Å². The fraction of sp³-hybridized carbons (Fsp3) is 0.318. The lowest BCUT2D eigenvalue weighted by atomic mass is 10.2. The third kappa shape index (κ3) is 3.33. The first-order chi connectivity index (χ1) is 15.4. The molecule has 3 aromatic rings. The van der Waals surface area contributed by atoms with Gasteiger partial charge in [0.2, 0.25) is 5.95 Å². The maximum absolute atomic E-state index is 14.2. The van der Waals surface area contributed by atoms with Crippen molar-refractivity contribution < 1.29 is 9.18 Å². The molecule has 1 aliphatic carbocycles. The fourth-order valence-electron chi connectivity index (χ4n) is 4.65. The van der Waals surface area contributed by atoms with Crippen molar-refractivity contribution in [2.45, 2.75) is 6.04 Å². The second kappa shape index (κ2) is 7.67. The minimum atomic E-state index is -0.534. The molecule has 1 amide bonds. The first kappa shape index (κ1) is 20.6. The zero-order chi connectivity index (χ0) is 22.6. The van der Waals surface area contributed by atoms with Gasteiger partial charge in [-0.05, 0) is 18.2 Å². The molecule has 0 spiro atoms. The summed E-state index contributed by atoms with van der Waals surface area (Å²) in [5, 5.41) is 0.200. The van der Waals surface area contributed by atoms with Crippen molar-refractivity contribution >= 4 is 23.5 Å². The van der Waals surface area contributed by atoms with Crippen molar-refractivity contribution in [2.75, 3.05) is 25.0 Å². The van der Waals surface area contributed by atoms with E-state index in [1.165, 1.54) is 22.9 Å². The molecule has 164 valence electrons. The first-order valence-electron chi connectivity index (χ1n) is 10.2. The summed E-state index contributed by atoms with van der Waals surface area (Å²) in [7, 11) is 3.52. The van der Waals surface area contributed by atoms with Crippen molar-refractivity contribution in [3.8, 4) is 11.3 Å². The first-order valence-corrected chi connectivity index (χ1v) is 10.5. The number of carbonyl (C=O) groups is 1. The van der Waals surface area contributed by atoms with Crippen LogP contribution in [0, 0.1) is 17.7 Å². The molecule has 2 fully saturated rings. The van der Waals surface area contributed by atoms with Crippen molar-refractivity contribution in [2.24, 2.45) is 18.9 Å². The second-order valence-electron chi connectivity index (χ2n) is 8.18. The van der Waals surface area contributed by atoms with Gasteiger partial charge in [-0.15, -0.1) is 0 Å². The lowest BCUT2D eigenvalue weighted by Crippen LogP contribution is -2.38. The Labute approximate surface area is 188 Å². The smallest absolute Gasteiger partial charge is 0.257 e. The highest BCUT2D eigenvalue weighted by Gasteiger charge is 2.59. The molecule has 0 N–H and O–H groups in total. The monoisotopic (exact) mass is 454 g/mol. The Morgan fingerprint density at radius 3 is 2.69 bits per heavy atom. The van der Waals surface area contributed by atoms with Gasteiger partial charge >= 0.3 is 0 Å². The number of amides is 1. The van der Waals surface area contributed by atoms with Gasteiger partial charge < -0.3 is 9.80 Å². The number of hydrogen-bond donors (Lipinski definition) is 0. The molecule has 1 saturated heterocycles. The zero-order valence-corrected chi connectivity index (χ0v) is 18.2. The second-order valence-corrected chi connectivity index (χ2v) is 8.53. The summed E-state index contributed by atoms with van der Waals surface area (Å²) >= 11 is 6.07. The number of fused-ring (bicyclic) bond motifs is 1. The Morgan fingerprint density at radius 1 is 1.25 bits per heavy atom. The van der Waals surface area contributed by atoms with E-state index in [4.69, 9.17) is 11.6 Å². The van der Waals surface area contributed by atoms with E-state index < -0.39 is 5.82 Å². The molecule has 1 saturated carbocycles. The summed E-state index contributed by atoms with van der Waals surface area (Å²) in [5.74, 6) is 0.317. The number of nitrogens with zero attached hydrogens (tertiary/aromatic N) is 6. The van der Waals surface area contributed by atoms with Crippen LogP contribution in [0.1, 0.15) is 10.4 Å². The zero-order valence-electron chi connectivity index (χ0n) is 17.4. The van der Waals surface area contributed by atoms with E-state index in [2.05, 4.69) is 15.0 Å². The summed E-state index contributed by atoms with van der Waals surface area (Å²) < 4.78 is 15.7. The van der Waals surface area contributed by atoms with Gasteiger partial charge in [-0.3, -0.25) is 19.1 Å². The third-order valence-corrected chi connectivity index (χ3v) is 6.65. The van der Waals surface area contributed by atoms with Gasteiger partial charge in [-0.1, -0.05) is 11.6 Å². The largest absolute Gasteiger partial charge is 0.342 e. The van der Waals surface area contributed by atoms with Crippen molar-refractivity contribution in [3.63, 3.8) is 0 Å². The van der Waals surface area contributed by atoms with Crippen LogP contribution in [0.25, 0.3) is 11.3 Å². The fourth-order valence-corrected chi connectivity index (χ4v) is 4.85. The van der Waals surface area contributed by atoms with Gasteiger partial charge in [0.25, 0.3) is 11.5 Å². The van der Waals surface area contributed by atoms with Crippen LogP contribution >= 0.6 is 11.6 Å². The predicted molar refractivity (Wildman–Crippen MR) is 117 cm³/mol. The van der Waals surface area contributed by atoms with Crippen molar-refractivity contribution in [1.29, 1.82) is 0 Å². The SMILES string of the molecule is CN(c1nc(-c2ccncc2F)cc(=O)n1C)C1[C@H]2CN(C(=O)c3cccnc3Cl)C[C@@H]12. The number of aromatic nitrogens is 4. The van der Waals surface area contributed by atoms with E-state index in [1.807, 2.05) is 11.9 Å². The highest BCUT2D eigenvalue weighted by molar-refractivity contribution is 6.32. The molecule has 3 atom stereocenters. The Kier molecular flexibility index (Phi) is 4.93. The molecule has 1 unspecified atom stereocenters. The van der Waals surface area contributed by atoms with Gasteiger partial charge in [0.1, 0.15) is 5.15 Å². The summed E-state index contributed by atoms with van der Waals surface area (Å²) in [6.45, 7) is 1.19. The molecule has 0 aromatic carbocycles. The van der Waals surface area contributed by atoms with E-state index in [0.717, 1.165) is 6.20 Å². The summed E-state index contributed by atoms with van der Waals surface area (Å²) in [5.41, 5.74) is 0.621. The summed E-state index contributed by atoms with van der Waals surface area (Å²) in [4.78, 5) is 41.4. The van der Waals surface area contributed by atoms with Crippen molar-refractivity contribution in [3.05, 3.63) is 69.7 Å². The molecule has 0 bridgehead atoms. The number of pyridine rings is 2. The Balaban J connectivity index is 1.36. The highest BCUT2D eigenvalue weighted by Crippen LogP contribution is 2.49. The molecule has 8 nitrogen and oxygen atoms in total. The van der Waals surface area contributed by atoms with E-state index in [0.29, 0.717) is 24.6 Å².